The Morgan fingerprint density at radius 2 is 0.636 bits per heavy atom. The van der Waals surface area contributed by atoms with Gasteiger partial charge in [-0.3, -0.25) is 0 Å². The van der Waals surface area contributed by atoms with Crippen LogP contribution >= 0.6 is 0 Å². The van der Waals surface area contributed by atoms with Crippen molar-refractivity contribution in [2.24, 2.45) is 47.3 Å². The highest BCUT2D eigenvalue weighted by Gasteiger charge is 2.37. The molecule has 0 amide bonds. The summed E-state index contributed by atoms with van der Waals surface area (Å²) >= 11 is 0. The highest BCUT2D eigenvalue weighted by atomic mass is 16.5. The second kappa shape index (κ2) is 41.5. The lowest BCUT2D eigenvalue weighted by molar-refractivity contribution is -0.00514. The van der Waals surface area contributed by atoms with Crippen LogP contribution in [-0.2, 0) is 9.47 Å². The van der Waals surface area contributed by atoms with Gasteiger partial charge in [0.25, 0.3) is 0 Å². The molecule has 6 rings (SSSR count). The number of hydrogen-bond acceptors (Lipinski definition) is 2. The monoisotopic (exact) mass is 929 g/mol. The fourth-order valence-electron chi connectivity index (χ4n) is 12.9. The molecule has 6 aliphatic carbocycles. The van der Waals surface area contributed by atoms with Gasteiger partial charge in [-0.2, -0.15) is 0 Å². The summed E-state index contributed by atoms with van der Waals surface area (Å²) in [5, 5.41) is 0. The summed E-state index contributed by atoms with van der Waals surface area (Å²) in [6, 6.07) is 0. The average Bonchev–Trinajstić information content (AvgIpc) is 4.14. The first-order valence-electron chi connectivity index (χ1n) is 31.1. The van der Waals surface area contributed by atoms with Crippen LogP contribution in [0.15, 0.2) is 0 Å². The maximum Gasteiger partial charge on any atom is 0.0598 e. The predicted molar refractivity (Wildman–Crippen MR) is 298 cm³/mol. The summed E-state index contributed by atoms with van der Waals surface area (Å²) in [5.41, 5.74) is 0.0830. The summed E-state index contributed by atoms with van der Waals surface area (Å²) in [6.45, 7) is 27.8. The summed E-state index contributed by atoms with van der Waals surface area (Å²) in [4.78, 5) is 0. The van der Waals surface area contributed by atoms with Gasteiger partial charge in [0, 0.05) is 13.2 Å². The average molecular weight is 930 g/mol. The van der Waals surface area contributed by atoms with Gasteiger partial charge < -0.3 is 9.47 Å². The first kappa shape index (κ1) is 63.9. The lowest BCUT2D eigenvalue weighted by Gasteiger charge is -2.29. The second-order valence-corrected chi connectivity index (χ2v) is 25.1. The number of fused-ring (bicyclic) bond motifs is 2. The van der Waals surface area contributed by atoms with Crippen LogP contribution in [0.2, 0.25) is 0 Å². The lowest BCUT2D eigenvalue weighted by atomic mass is 9.77. The van der Waals surface area contributed by atoms with Gasteiger partial charge in [-0.1, -0.05) is 247 Å². The summed E-state index contributed by atoms with van der Waals surface area (Å²) in [6.07, 6.45) is 58.8. The number of ether oxygens (including phenoxy) is 2. The van der Waals surface area contributed by atoms with Gasteiger partial charge in [0.2, 0.25) is 0 Å². The molecule has 6 atom stereocenters. The third kappa shape index (κ3) is 34.3. The highest BCUT2D eigenvalue weighted by molar-refractivity contribution is 4.88. The quantitative estimate of drug-likeness (QED) is 0.101. The van der Waals surface area contributed by atoms with Crippen LogP contribution in [-0.4, -0.2) is 24.4 Å². The summed E-state index contributed by atoms with van der Waals surface area (Å²) in [5.74, 6) is 8.89. The molecule has 0 heterocycles. The van der Waals surface area contributed by atoms with Crippen LogP contribution in [0.4, 0.5) is 0 Å². The largest absolute Gasteiger partial charge is 0.376 e. The van der Waals surface area contributed by atoms with Crippen LogP contribution in [0.1, 0.15) is 340 Å². The molecule has 0 saturated heterocycles. The Hall–Kier alpha value is -0.0800. The molecule has 6 fully saturated rings. The molecule has 6 aliphatic rings. The maximum atomic E-state index is 5.78. The van der Waals surface area contributed by atoms with Crippen LogP contribution in [0.25, 0.3) is 0 Å². The van der Waals surface area contributed by atoms with Crippen molar-refractivity contribution >= 4 is 0 Å². The maximum absolute atomic E-state index is 5.78. The molecule has 0 aliphatic heterocycles. The Balaban J connectivity index is 0.000000440. The van der Waals surface area contributed by atoms with Crippen molar-refractivity contribution in [3.8, 4) is 0 Å². The van der Waals surface area contributed by atoms with Crippen molar-refractivity contribution in [2.45, 2.75) is 351 Å². The minimum Gasteiger partial charge on any atom is -0.376 e. The fraction of sp³-hybridized carbons (Fsp3) is 1.00. The third-order valence-electron chi connectivity index (χ3n) is 16.4. The van der Waals surface area contributed by atoms with E-state index >= 15 is 0 Å². The van der Waals surface area contributed by atoms with Gasteiger partial charge in [-0.05, 0) is 140 Å². The second-order valence-electron chi connectivity index (χ2n) is 25.1. The molecule has 0 aromatic heterocycles. The standard InChI is InChI=1S/2C19H36O.C11H22.C9H18.2C3H8/c2*1-19(2,3)20-15-9-5-4-6-10-16-13-14-17-11-7-8-12-18(16)17;1-2-3-4-5-8-11-9-6-7-10-11;1-2-3-6-9-7-4-5-8-9;2*1-3-2/h2*16-18H,4-15H2,1-3H3;11H,2-10H2,1H3;9H,2-8H2,1H3;2*3H2,1-2H3. The van der Waals surface area contributed by atoms with Crippen LogP contribution in [0, 0.1) is 47.3 Å². The molecule has 6 unspecified atom stereocenters. The van der Waals surface area contributed by atoms with E-state index in [1.54, 1.807) is 51.4 Å². The van der Waals surface area contributed by atoms with Crippen LogP contribution in [0.3, 0.4) is 0 Å². The Morgan fingerprint density at radius 1 is 0.318 bits per heavy atom. The zero-order valence-electron chi connectivity index (χ0n) is 48.1. The highest BCUT2D eigenvalue weighted by Crippen LogP contribution is 2.48. The van der Waals surface area contributed by atoms with E-state index in [2.05, 4.69) is 83.1 Å². The van der Waals surface area contributed by atoms with E-state index in [0.717, 1.165) is 60.6 Å². The third-order valence-corrected chi connectivity index (χ3v) is 16.4. The van der Waals surface area contributed by atoms with E-state index in [-0.39, 0.29) is 11.2 Å². The molecule has 0 radical (unpaired) electrons. The van der Waals surface area contributed by atoms with E-state index in [0.29, 0.717) is 0 Å². The van der Waals surface area contributed by atoms with E-state index < -0.39 is 0 Å². The van der Waals surface area contributed by atoms with Gasteiger partial charge in [-0.15, -0.1) is 0 Å². The summed E-state index contributed by atoms with van der Waals surface area (Å²) < 4.78 is 11.6. The van der Waals surface area contributed by atoms with Gasteiger partial charge in [0.15, 0.2) is 0 Å². The van der Waals surface area contributed by atoms with Gasteiger partial charge in [0.1, 0.15) is 0 Å². The van der Waals surface area contributed by atoms with Crippen LogP contribution in [0.5, 0.6) is 0 Å². The number of unbranched alkanes of at least 4 members (excludes halogenated alkanes) is 10. The van der Waals surface area contributed by atoms with E-state index in [1.165, 1.54) is 205 Å². The van der Waals surface area contributed by atoms with Crippen molar-refractivity contribution in [3.05, 3.63) is 0 Å². The SMILES string of the molecule is CC(C)(C)OCCCCCCC1CCC2CCCCC12.CC(C)(C)OCCCCCCC1CCC2CCCCC12.CCC.CCC.CCCCC1CCCC1.CCCCCCC1CCCC1. The van der Waals surface area contributed by atoms with Gasteiger partial charge in [-0.25, -0.2) is 0 Å². The Labute approximate surface area is 419 Å². The van der Waals surface area contributed by atoms with Gasteiger partial charge >= 0.3 is 0 Å². The molecule has 396 valence electrons. The molecular formula is C64H128O2. The fourth-order valence-corrected chi connectivity index (χ4v) is 12.9. The Bertz CT molecular complexity index is 935. The summed E-state index contributed by atoms with van der Waals surface area (Å²) in [7, 11) is 0. The van der Waals surface area contributed by atoms with Crippen molar-refractivity contribution in [1.29, 1.82) is 0 Å². The van der Waals surface area contributed by atoms with E-state index in [9.17, 15) is 0 Å². The molecule has 0 bridgehead atoms. The minimum atomic E-state index is 0.0415. The zero-order valence-corrected chi connectivity index (χ0v) is 48.1. The lowest BCUT2D eigenvalue weighted by Crippen LogP contribution is -2.19. The first-order chi connectivity index (χ1) is 31.8. The Morgan fingerprint density at radius 3 is 1.02 bits per heavy atom. The zero-order chi connectivity index (χ0) is 48.7. The normalized spacial score (nSPS) is 25.1. The Kier molecular flexibility index (Phi) is 40.2. The molecule has 0 spiro atoms. The molecule has 0 aromatic carbocycles. The first-order valence-corrected chi connectivity index (χ1v) is 31.1. The smallest absolute Gasteiger partial charge is 0.0598 e. The van der Waals surface area contributed by atoms with Crippen molar-refractivity contribution in [3.63, 3.8) is 0 Å². The molecule has 6 saturated carbocycles. The molecular weight excluding hydrogens is 801 g/mol. The molecule has 2 heteroatoms. The van der Waals surface area contributed by atoms with Crippen molar-refractivity contribution in [1.82, 2.24) is 0 Å². The number of hydrogen-bond donors (Lipinski definition) is 0. The number of rotatable bonds is 22. The van der Waals surface area contributed by atoms with Crippen molar-refractivity contribution < 1.29 is 9.47 Å². The van der Waals surface area contributed by atoms with Crippen LogP contribution < -0.4 is 0 Å². The van der Waals surface area contributed by atoms with E-state index in [1.807, 2.05) is 0 Å². The topological polar surface area (TPSA) is 18.5 Å². The predicted octanol–water partition coefficient (Wildman–Crippen LogP) is 22.3. The molecule has 66 heavy (non-hydrogen) atoms. The molecule has 0 N–H and O–H groups in total. The molecule has 0 aromatic rings. The molecule has 2 nitrogen and oxygen atoms in total. The van der Waals surface area contributed by atoms with E-state index in [4.69, 9.17) is 9.47 Å². The minimum absolute atomic E-state index is 0.0415. The van der Waals surface area contributed by atoms with Crippen molar-refractivity contribution in [2.75, 3.05) is 13.2 Å². The van der Waals surface area contributed by atoms with Gasteiger partial charge in [0.05, 0.1) is 11.2 Å².